The molecule has 9 heteroatoms. The molecule has 0 amide bonds. The highest BCUT2D eigenvalue weighted by molar-refractivity contribution is 6.39. The van der Waals surface area contributed by atoms with Crippen LogP contribution in [0.2, 0.25) is 15.1 Å². The van der Waals surface area contributed by atoms with E-state index >= 15 is 0 Å². The lowest BCUT2D eigenvalue weighted by atomic mass is 10.0. The van der Waals surface area contributed by atoms with Gasteiger partial charge >= 0.3 is 6.61 Å². The van der Waals surface area contributed by atoms with Crippen molar-refractivity contribution in [2.75, 3.05) is 0 Å². The molecule has 0 saturated heterocycles. The molecular weight excluding hydrogens is 473 g/mol. The first kappa shape index (κ1) is 20.1. The van der Waals surface area contributed by atoms with Crippen molar-refractivity contribution in [1.82, 2.24) is 0 Å². The van der Waals surface area contributed by atoms with E-state index in [1.165, 1.54) is 24.3 Å². The number of alkyl halides is 2. The molecule has 0 aliphatic heterocycles. The smallest absolute Gasteiger partial charge is 0.387 e. The van der Waals surface area contributed by atoms with Crippen LogP contribution < -0.4 is 10.2 Å². The lowest BCUT2D eigenvalue weighted by Crippen LogP contribution is -2.05. The predicted octanol–water partition coefficient (Wildman–Crippen LogP) is 7.92. The van der Waals surface area contributed by atoms with Gasteiger partial charge in [0.1, 0.15) is 10.6 Å². The van der Waals surface area contributed by atoms with E-state index in [1.54, 1.807) is 24.3 Å². The van der Waals surface area contributed by atoms with Crippen LogP contribution in [0.1, 0.15) is 0 Å². The molecule has 2 aromatic heterocycles. The predicted molar refractivity (Wildman–Crippen MR) is 117 cm³/mol. The van der Waals surface area contributed by atoms with Gasteiger partial charge in [-0.2, -0.15) is 8.78 Å². The molecule has 5 rings (SSSR count). The fraction of sp³-hybridized carbons (Fsp3) is 0.0455. The molecule has 156 valence electrons. The number of rotatable bonds is 3. The number of halogens is 5. The van der Waals surface area contributed by atoms with E-state index in [1.807, 2.05) is 0 Å². The third kappa shape index (κ3) is 3.22. The van der Waals surface area contributed by atoms with Crippen LogP contribution in [-0.2, 0) is 0 Å². The Morgan fingerprint density at radius 2 is 1.68 bits per heavy atom. The van der Waals surface area contributed by atoms with Gasteiger partial charge in [0.25, 0.3) is 0 Å². The van der Waals surface area contributed by atoms with E-state index in [9.17, 15) is 13.6 Å². The average molecular weight is 482 g/mol. The van der Waals surface area contributed by atoms with Gasteiger partial charge in [-0.25, -0.2) is 0 Å². The van der Waals surface area contributed by atoms with E-state index in [2.05, 4.69) is 4.74 Å². The first-order valence-electron chi connectivity index (χ1n) is 8.86. The van der Waals surface area contributed by atoms with E-state index in [0.29, 0.717) is 21.9 Å². The second kappa shape index (κ2) is 7.41. The van der Waals surface area contributed by atoms with Gasteiger partial charge in [-0.3, -0.25) is 4.79 Å². The quantitative estimate of drug-likeness (QED) is 0.263. The van der Waals surface area contributed by atoms with Crippen LogP contribution in [0.5, 0.6) is 5.75 Å². The van der Waals surface area contributed by atoms with Crippen molar-refractivity contribution in [2.24, 2.45) is 0 Å². The largest absolute Gasteiger partial charge is 0.453 e. The van der Waals surface area contributed by atoms with Gasteiger partial charge in [0.15, 0.2) is 22.7 Å². The highest BCUT2D eigenvalue weighted by Gasteiger charge is 2.23. The monoisotopic (exact) mass is 480 g/mol. The number of fused-ring (bicyclic) bond motifs is 4. The maximum atomic E-state index is 12.9. The third-order valence-electron chi connectivity index (χ3n) is 4.81. The summed E-state index contributed by atoms with van der Waals surface area (Å²) < 4.78 is 42.2. The van der Waals surface area contributed by atoms with Crippen molar-refractivity contribution in [1.29, 1.82) is 0 Å². The summed E-state index contributed by atoms with van der Waals surface area (Å²) in [6.07, 6.45) is 0. The normalized spacial score (nSPS) is 11.8. The van der Waals surface area contributed by atoms with E-state index in [-0.39, 0.29) is 43.1 Å². The van der Waals surface area contributed by atoms with Crippen molar-refractivity contribution in [3.63, 3.8) is 0 Å². The van der Waals surface area contributed by atoms with Crippen molar-refractivity contribution < 1.29 is 22.4 Å². The van der Waals surface area contributed by atoms with Crippen LogP contribution >= 0.6 is 34.8 Å². The Bertz CT molecular complexity index is 1560. The summed E-state index contributed by atoms with van der Waals surface area (Å²) in [5.41, 5.74) is 0.435. The molecule has 0 unspecified atom stereocenters. The van der Waals surface area contributed by atoms with E-state index in [0.717, 1.165) is 0 Å². The highest BCUT2D eigenvalue weighted by atomic mass is 35.5. The summed E-state index contributed by atoms with van der Waals surface area (Å²) in [6.45, 7) is -3.05. The fourth-order valence-corrected chi connectivity index (χ4v) is 4.33. The van der Waals surface area contributed by atoms with Crippen LogP contribution in [0.4, 0.5) is 8.78 Å². The number of hydrogen-bond donors (Lipinski definition) is 0. The summed E-state index contributed by atoms with van der Waals surface area (Å²) in [5.74, 6) is -0.141. The van der Waals surface area contributed by atoms with E-state index < -0.39 is 12.0 Å². The number of para-hydroxylation sites is 1. The number of ether oxygens (including phenoxy) is 1. The molecule has 0 radical (unpaired) electrons. The van der Waals surface area contributed by atoms with Crippen LogP contribution in [-0.4, -0.2) is 6.61 Å². The van der Waals surface area contributed by atoms with Gasteiger partial charge in [0.2, 0.25) is 5.43 Å². The summed E-state index contributed by atoms with van der Waals surface area (Å²) in [7, 11) is 0. The highest BCUT2D eigenvalue weighted by Crippen LogP contribution is 2.44. The second-order valence-corrected chi connectivity index (χ2v) is 7.85. The first-order chi connectivity index (χ1) is 14.8. The summed E-state index contributed by atoms with van der Waals surface area (Å²) in [4.78, 5) is 12.9. The summed E-state index contributed by atoms with van der Waals surface area (Å²) >= 11 is 18.6. The molecule has 31 heavy (non-hydrogen) atoms. The maximum absolute atomic E-state index is 12.9. The zero-order valence-electron chi connectivity index (χ0n) is 15.2. The summed E-state index contributed by atoms with van der Waals surface area (Å²) in [6, 6.07) is 12.6. The minimum atomic E-state index is -3.05. The molecule has 0 aliphatic rings. The minimum Gasteiger partial charge on any atom is -0.453 e. The molecule has 4 nitrogen and oxygen atoms in total. The standard InChI is InChI=1S/C22H9Cl3F2O4/c23-9-7-12-18(28)17(25)20(31-19(12)13(24)8-9)11-5-6-15(30-22(26)27)21-16(11)10-3-1-2-4-14(10)29-21/h1-8,22H. The Morgan fingerprint density at radius 3 is 2.45 bits per heavy atom. The van der Waals surface area contributed by atoms with Gasteiger partial charge in [0, 0.05) is 21.4 Å². The Hall–Kier alpha value is -2.80. The van der Waals surface area contributed by atoms with Gasteiger partial charge in [-0.05, 0) is 30.3 Å². The van der Waals surface area contributed by atoms with Crippen molar-refractivity contribution in [3.8, 4) is 17.1 Å². The maximum Gasteiger partial charge on any atom is 0.387 e. The zero-order valence-corrected chi connectivity index (χ0v) is 17.5. The molecule has 0 aliphatic carbocycles. The third-order valence-corrected chi connectivity index (χ3v) is 5.65. The average Bonchev–Trinajstić information content (AvgIpc) is 3.12. The molecule has 0 fully saturated rings. The van der Waals surface area contributed by atoms with Crippen LogP contribution in [0, 0.1) is 0 Å². The molecule has 0 saturated carbocycles. The van der Waals surface area contributed by atoms with Crippen LogP contribution in [0.3, 0.4) is 0 Å². The van der Waals surface area contributed by atoms with Crippen molar-refractivity contribution in [2.45, 2.75) is 6.61 Å². The van der Waals surface area contributed by atoms with Gasteiger partial charge in [0.05, 0.1) is 10.4 Å². The number of hydrogen-bond acceptors (Lipinski definition) is 4. The molecule has 3 aromatic carbocycles. The fourth-order valence-electron chi connectivity index (χ4n) is 3.56. The summed E-state index contributed by atoms with van der Waals surface area (Å²) in [5, 5.41) is 1.31. The Kier molecular flexibility index (Phi) is 4.81. The van der Waals surface area contributed by atoms with Crippen LogP contribution in [0.25, 0.3) is 44.2 Å². The molecule has 0 bridgehead atoms. The molecule has 5 aromatic rings. The second-order valence-electron chi connectivity index (χ2n) is 6.63. The number of furan rings is 1. The van der Waals surface area contributed by atoms with Crippen molar-refractivity contribution in [3.05, 3.63) is 73.8 Å². The number of benzene rings is 3. The Labute approximate surface area is 187 Å². The van der Waals surface area contributed by atoms with Gasteiger partial charge < -0.3 is 13.6 Å². The lowest BCUT2D eigenvalue weighted by Gasteiger charge is -2.10. The molecule has 0 spiro atoms. The van der Waals surface area contributed by atoms with Gasteiger partial charge in [-0.15, -0.1) is 0 Å². The molecule has 2 heterocycles. The first-order valence-corrected chi connectivity index (χ1v) is 9.99. The molecule has 0 atom stereocenters. The molecule has 0 N–H and O–H groups in total. The Balaban J connectivity index is 1.91. The topological polar surface area (TPSA) is 52.6 Å². The van der Waals surface area contributed by atoms with E-state index in [4.69, 9.17) is 43.6 Å². The lowest BCUT2D eigenvalue weighted by molar-refractivity contribution is -0.0493. The van der Waals surface area contributed by atoms with Crippen LogP contribution in [0.15, 0.2) is 62.2 Å². The minimum absolute atomic E-state index is 0.0172. The zero-order chi connectivity index (χ0) is 21.9. The van der Waals surface area contributed by atoms with Gasteiger partial charge in [-0.1, -0.05) is 53.0 Å². The van der Waals surface area contributed by atoms with Crippen molar-refractivity contribution >= 4 is 67.7 Å². The SMILES string of the molecule is O=c1c(Cl)c(-c2ccc(OC(F)F)c3oc4ccccc4c23)oc2c(Cl)cc(Cl)cc12. The molecular formula is C22H9Cl3F2O4. The Morgan fingerprint density at radius 1 is 0.903 bits per heavy atom.